The Balaban J connectivity index is 1.46. The van der Waals surface area contributed by atoms with Gasteiger partial charge >= 0.3 is 5.97 Å². The highest BCUT2D eigenvalue weighted by molar-refractivity contribution is 7.18. The van der Waals surface area contributed by atoms with E-state index in [2.05, 4.69) is 0 Å². The first-order valence-corrected chi connectivity index (χ1v) is 9.09. The smallest absolute Gasteiger partial charge is 0.306 e. The molecule has 1 aliphatic heterocycles. The SMILES string of the molecule is O=C(CCC(=O)c1ccc2c(c1)OCCO2)OCC(=O)c1ccc(Cl)s1. The number of carbonyl (C=O) groups is 3. The number of hydrogen-bond donors (Lipinski definition) is 0. The van der Waals surface area contributed by atoms with Crippen LogP contribution in [-0.2, 0) is 9.53 Å². The van der Waals surface area contributed by atoms with E-state index in [0.717, 1.165) is 11.3 Å². The number of rotatable bonds is 7. The van der Waals surface area contributed by atoms with E-state index < -0.39 is 5.97 Å². The number of Topliss-reactive ketones (excluding diaryl/α,β-unsaturated/α-hetero) is 2. The molecule has 136 valence electrons. The molecule has 0 fully saturated rings. The van der Waals surface area contributed by atoms with Gasteiger partial charge in [0.25, 0.3) is 0 Å². The molecule has 1 aliphatic rings. The van der Waals surface area contributed by atoms with Crippen LogP contribution in [0.2, 0.25) is 4.34 Å². The highest BCUT2D eigenvalue weighted by Crippen LogP contribution is 2.31. The lowest BCUT2D eigenvalue weighted by Crippen LogP contribution is -2.16. The third kappa shape index (κ3) is 4.62. The number of carbonyl (C=O) groups excluding carboxylic acids is 3. The standard InChI is InChI=1S/C18H15ClO6S/c19-17-5-4-16(26-17)13(21)10-25-18(22)6-2-12(20)11-1-3-14-15(9-11)24-8-7-23-14/h1,3-5,9H,2,6-8,10H2. The molecule has 1 aromatic heterocycles. The van der Waals surface area contributed by atoms with Crippen molar-refractivity contribution in [2.24, 2.45) is 0 Å². The molecule has 0 saturated carbocycles. The molecule has 0 amide bonds. The van der Waals surface area contributed by atoms with Crippen LogP contribution in [0.25, 0.3) is 0 Å². The summed E-state index contributed by atoms with van der Waals surface area (Å²) in [5.41, 5.74) is 0.436. The van der Waals surface area contributed by atoms with Crippen molar-refractivity contribution in [3.05, 3.63) is 45.1 Å². The fourth-order valence-electron chi connectivity index (χ4n) is 2.33. The highest BCUT2D eigenvalue weighted by Gasteiger charge is 2.17. The van der Waals surface area contributed by atoms with E-state index in [0.29, 0.717) is 39.5 Å². The topological polar surface area (TPSA) is 78.9 Å². The lowest BCUT2D eigenvalue weighted by molar-refractivity contribution is -0.142. The number of halogens is 1. The van der Waals surface area contributed by atoms with Gasteiger partial charge in [0.1, 0.15) is 13.2 Å². The number of fused-ring (bicyclic) bond motifs is 1. The maximum absolute atomic E-state index is 12.2. The largest absolute Gasteiger partial charge is 0.486 e. The first-order valence-electron chi connectivity index (χ1n) is 7.90. The average molecular weight is 395 g/mol. The molecule has 0 unspecified atom stereocenters. The molecule has 0 N–H and O–H groups in total. The van der Waals surface area contributed by atoms with Gasteiger partial charge in [-0.2, -0.15) is 0 Å². The summed E-state index contributed by atoms with van der Waals surface area (Å²) in [5.74, 6) is -0.0279. The van der Waals surface area contributed by atoms with Gasteiger partial charge in [-0.3, -0.25) is 14.4 Å². The summed E-state index contributed by atoms with van der Waals surface area (Å²) in [6.07, 6.45) is -0.122. The van der Waals surface area contributed by atoms with Crippen LogP contribution in [0.3, 0.4) is 0 Å². The number of ether oxygens (including phenoxy) is 3. The van der Waals surface area contributed by atoms with Gasteiger partial charge in [0, 0.05) is 12.0 Å². The van der Waals surface area contributed by atoms with Crippen LogP contribution in [0.4, 0.5) is 0 Å². The minimum absolute atomic E-state index is 0.0164. The summed E-state index contributed by atoms with van der Waals surface area (Å²) >= 11 is 6.88. The molecule has 0 saturated heterocycles. The van der Waals surface area contributed by atoms with Crippen molar-refractivity contribution >= 4 is 40.5 Å². The van der Waals surface area contributed by atoms with Gasteiger partial charge in [0.2, 0.25) is 5.78 Å². The quantitative estimate of drug-likeness (QED) is 0.527. The Morgan fingerprint density at radius 1 is 1.00 bits per heavy atom. The first kappa shape index (κ1) is 18.4. The van der Waals surface area contributed by atoms with Gasteiger partial charge in [0.05, 0.1) is 15.6 Å². The molecule has 6 nitrogen and oxygen atoms in total. The van der Waals surface area contributed by atoms with E-state index in [4.69, 9.17) is 25.8 Å². The zero-order valence-electron chi connectivity index (χ0n) is 13.7. The zero-order chi connectivity index (χ0) is 18.5. The van der Waals surface area contributed by atoms with Crippen LogP contribution in [0.1, 0.15) is 32.9 Å². The number of hydrogen-bond acceptors (Lipinski definition) is 7. The summed E-state index contributed by atoms with van der Waals surface area (Å²) in [5, 5.41) is 0. The number of benzene rings is 1. The van der Waals surface area contributed by atoms with E-state index in [1.165, 1.54) is 0 Å². The molecule has 3 rings (SSSR count). The molecule has 1 aromatic carbocycles. The zero-order valence-corrected chi connectivity index (χ0v) is 15.2. The van der Waals surface area contributed by atoms with Crippen LogP contribution in [0.5, 0.6) is 11.5 Å². The molecule has 26 heavy (non-hydrogen) atoms. The molecule has 2 aromatic rings. The Bertz CT molecular complexity index is 844. The Hall–Kier alpha value is -2.38. The molecule has 0 spiro atoms. The molecule has 0 radical (unpaired) electrons. The highest BCUT2D eigenvalue weighted by atomic mass is 35.5. The van der Waals surface area contributed by atoms with Gasteiger partial charge in [0.15, 0.2) is 23.9 Å². The van der Waals surface area contributed by atoms with Crippen molar-refractivity contribution in [2.75, 3.05) is 19.8 Å². The van der Waals surface area contributed by atoms with Crippen molar-refractivity contribution in [3.63, 3.8) is 0 Å². The van der Waals surface area contributed by atoms with Crippen LogP contribution < -0.4 is 9.47 Å². The van der Waals surface area contributed by atoms with Gasteiger partial charge in [-0.05, 0) is 30.3 Å². The second kappa shape index (κ2) is 8.33. The Morgan fingerprint density at radius 2 is 1.77 bits per heavy atom. The molecule has 0 aliphatic carbocycles. The van der Waals surface area contributed by atoms with Crippen molar-refractivity contribution in [2.45, 2.75) is 12.8 Å². The fourth-order valence-corrected chi connectivity index (χ4v) is 3.30. The third-order valence-electron chi connectivity index (χ3n) is 3.63. The molecular formula is C18H15ClO6S. The van der Waals surface area contributed by atoms with E-state index in [1.54, 1.807) is 30.3 Å². The molecular weight excluding hydrogens is 380 g/mol. The first-order chi connectivity index (χ1) is 12.5. The van der Waals surface area contributed by atoms with E-state index in [1.807, 2.05) is 0 Å². The molecule has 2 heterocycles. The predicted octanol–water partition coefficient (Wildman–Crippen LogP) is 3.56. The van der Waals surface area contributed by atoms with Crippen LogP contribution in [0.15, 0.2) is 30.3 Å². The van der Waals surface area contributed by atoms with Crippen LogP contribution >= 0.6 is 22.9 Å². The van der Waals surface area contributed by atoms with Crippen molar-refractivity contribution < 1.29 is 28.6 Å². The summed E-state index contributed by atoms with van der Waals surface area (Å²) in [6.45, 7) is 0.539. The Kier molecular flexibility index (Phi) is 5.90. The minimum atomic E-state index is -0.605. The van der Waals surface area contributed by atoms with Gasteiger partial charge < -0.3 is 14.2 Å². The fraction of sp³-hybridized carbons (Fsp3) is 0.278. The van der Waals surface area contributed by atoms with Crippen LogP contribution in [-0.4, -0.2) is 37.4 Å². The lowest BCUT2D eigenvalue weighted by atomic mass is 10.1. The van der Waals surface area contributed by atoms with E-state index in [-0.39, 0.29) is 31.0 Å². The summed E-state index contributed by atoms with van der Waals surface area (Å²) < 4.78 is 16.2. The van der Waals surface area contributed by atoms with Crippen LogP contribution in [0, 0.1) is 0 Å². The number of esters is 1. The van der Waals surface area contributed by atoms with Crippen molar-refractivity contribution in [3.8, 4) is 11.5 Å². The van der Waals surface area contributed by atoms with Gasteiger partial charge in [-0.15, -0.1) is 11.3 Å². The lowest BCUT2D eigenvalue weighted by Gasteiger charge is -2.18. The van der Waals surface area contributed by atoms with Gasteiger partial charge in [-0.25, -0.2) is 0 Å². The third-order valence-corrected chi connectivity index (χ3v) is 4.90. The maximum Gasteiger partial charge on any atom is 0.306 e. The molecule has 0 bridgehead atoms. The second-order valence-corrected chi connectivity index (χ2v) is 7.18. The Morgan fingerprint density at radius 3 is 2.50 bits per heavy atom. The monoisotopic (exact) mass is 394 g/mol. The van der Waals surface area contributed by atoms with E-state index >= 15 is 0 Å². The summed E-state index contributed by atoms with van der Waals surface area (Å²) in [7, 11) is 0. The van der Waals surface area contributed by atoms with Gasteiger partial charge in [-0.1, -0.05) is 11.6 Å². The normalized spacial score (nSPS) is 12.5. The van der Waals surface area contributed by atoms with Crippen molar-refractivity contribution in [1.82, 2.24) is 0 Å². The van der Waals surface area contributed by atoms with Crippen molar-refractivity contribution in [1.29, 1.82) is 0 Å². The Labute approximate surface area is 158 Å². The maximum atomic E-state index is 12.2. The summed E-state index contributed by atoms with van der Waals surface area (Å²) in [4.78, 5) is 36.2. The average Bonchev–Trinajstić information content (AvgIpc) is 3.10. The number of thiophene rings is 1. The predicted molar refractivity (Wildman–Crippen MR) is 95.6 cm³/mol. The number of ketones is 2. The second-order valence-electron chi connectivity index (χ2n) is 5.47. The minimum Gasteiger partial charge on any atom is -0.486 e. The van der Waals surface area contributed by atoms with E-state index in [9.17, 15) is 14.4 Å². The summed E-state index contributed by atoms with van der Waals surface area (Å²) in [6, 6.07) is 8.09. The molecule has 0 atom stereocenters. The molecule has 8 heteroatoms.